The van der Waals surface area contributed by atoms with Crippen molar-refractivity contribution in [3.8, 4) is 5.75 Å². The molecular formula is C11H10ClF3O3. The molecule has 0 heterocycles. The molecule has 1 aromatic carbocycles. The average molecular weight is 283 g/mol. The maximum atomic E-state index is 12.1. The van der Waals surface area contributed by atoms with E-state index in [1.165, 1.54) is 19.1 Å². The fourth-order valence-electron chi connectivity index (χ4n) is 1.43. The quantitative estimate of drug-likeness (QED) is 0.864. The van der Waals surface area contributed by atoms with Crippen LogP contribution in [-0.2, 0) is 11.4 Å². The predicted octanol–water partition coefficient (Wildman–Crippen LogP) is 2.95. The molecule has 0 aromatic heterocycles. The standard InChI is InChI=1S/C11H10ClF3O3/c1-6(17)10(12)7-3-2-4-9(8(7)5-16)18-11(13,14)15/h2-4,10,16H,5H2,1H3. The molecule has 3 nitrogen and oxygen atoms in total. The first kappa shape index (κ1) is 14.8. The van der Waals surface area contributed by atoms with E-state index in [-0.39, 0.29) is 11.1 Å². The third kappa shape index (κ3) is 3.61. The van der Waals surface area contributed by atoms with Crippen molar-refractivity contribution in [3.63, 3.8) is 0 Å². The van der Waals surface area contributed by atoms with Crippen molar-refractivity contribution >= 4 is 17.4 Å². The van der Waals surface area contributed by atoms with Crippen molar-refractivity contribution in [3.05, 3.63) is 29.3 Å². The number of ether oxygens (including phenoxy) is 1. The molecule has 1 atom stereocenters. The van der Waals surface area contributed by atoms with Crippen molar-refractivity contribution in [1.29, 1.82) is 0 Å². The molecule has 1 rings (SSSR count). The molecule has 0 aliphatic heterocycles. The molecule has 0 bridgehead atoms. The van der Waals surface area contributed by atoms with Crippen molar-refractivity contribution in [2.75, 3.05) is 0 Å². The van der Waals surface area contributed by atoms with Crippen LogP contribution in [0.4, 0.5) is 13.2 Å². The topological polar surface area (TPSA) is 46.5 Å². The van der Waals surface area contributed by atoms with Crippen LogP contribution >= 0.6 is 11.6 Å². The molecule has 0 amide bonds. The molecule has 0 aliphatic rings. The predicted molar refractivity (Wildman–Crippen MR) is 58.3 cm³/mol. The van der Waals surface area contributed by atoms with Crippen LogP contribution in [0.5, 0.6) is 5.75 Å². The van der Waals surface area contributed by atoms with Crippen molar-refractivity contribution in [2.24, 2.45) is 0 Å². The van der Waals surface area contributed by atoms with E-state index in [2.05, 4.69) is 4.74 Å². The lowest BCUT2D eigenvalue weighted by atomic mass is 10.0. The number of carbonyl (C=O) groups is 1. The number of aliphatic hydroxyl groups is 1. The Morgan fingerprint density at radius 3 is 2.56 bits per heavy atom. The number of halogens is 4. The molecule has 0 spiro atoms. The van der Waals surface area contributed by atoms with Crippen LogP contribution in [0, 0.1) is 0 Å². The lowest BCUT2D eigenvalue weighted by Gasteiger charge is -2.16. The Balaban J connectivity index is 3.22. The minimum atomic E-state index is -4.87. The lowest BCUT2D eigenvalue weighted by molar-refractivity contribution is -0.275. The molecule has 0 saturated heterocycles. The normalized spacial score (nSPS) is 13.2. The Bertz CT molecular complexity index is 446. The molecule has 0 aliphatic carbocycles. The lowest BCUT2D eigenvalue weighted by Crippen LogP contribution is -2.19. The van der Waals surface area contributed by atoms with E-state index in [0.717, 1.165) is 6.07 Å². The Labute approximate surface area is 106 Å². The van der Waals surface area contributed by atoms with Gasteiger partial charge >= 0.3 is 6.36 Å². The summed E-state index contributed by atoms with van der Waals surface area (Å²) in [6.07, 6.45) is -4.87. The SMILES string of the molecule is CC(=O)C(Cl)c1cccc(OC(F)(F)F)c1CO. The Morgan fingerprint density at radius 1 is 1.50 bits per heavy atom. The number of benzene rings is 1. The van der Waals surface area contributed by atoms with Gasteiger partial charge in [-0.05, 0) is 18.6 Å². The number of hydrogen-bond donors (Lipinski definition) is 1. The van der Waals surface area contributed by atoms with Gasteiger partial charge in [-0.1, -0.05) is 12.1 Å². The van der Waals surface area contributed by atoms with Gasteiger partial charge in [0.05, 0.1) is 6.61 Å². The number of Topliss-reactive ketones (excluding diaryl/α,β-unsaturated/α-hetero) is 1. The maximum Gasteiger partial charge on any atom is 0.573 e. The van der Waals surface area contributed by atoms with E-state index < -0.39 is 29.9 Å². The van der Waals surface area contributed by atoms with E-state index >= 15 is 0 Å². The molecule has 1 unspecified atom stereocenters. The van der Waals surface area contributed by atoms with Gasteiger partial charge in [0.15, 0.2) is 5.78 Å². The van der Waals surface area contributed by atoms with Crippen LogP contribution in [0.15, 0.2) is 18.2 Å². The van der Waals surface area contributed by atoms with Gasteiger partial charge in [-0.2, -0.15) is 0 Å². The third-order valence-electron chi connectivity index (χ3n) is 2.18. The molecule has 0 fully saturated rings. The second-order valence-corrected chi connectivity index (χ2v) is 3.94. The van der Waals surface area contributed by atoms with E-state index in [9.17, 15) is 18.0 Å². The molecular weight excluding hydrogens is 273 g/mol. The van der Waals surface area contributed by atoms with Gasteiger partial charge in [0, 0.05) is 5.56 Å². The van der Waals surface area contributed by atoms with E-state index in [1.54, 1.807) is 0 Å². The van der Waals surface area contributed by atoms with Crippen LogP contribution in [0.2, 0.25) is 0 Å². The molecule has 0 radical (unpaired) electrons. The van der Waals surface area contributed by atoms with Gasteiger partial charge in [0.25, 0.3) is 0 Å². The second-order valence-electron chi connectivity index (χ2n) is 3.50. The van der Waals surface area contributed by atoms with Gasteiger partial charge in [-0.15, -0.1) is 24.8 Å². The average Bonchev–Trinajstić information content (AvgIpc) is 2.25. The molecule has 1 aromatic rings. The van der Waals surface area contributed by atoms with Crippen LogP contribution in [-0.4, -0.2) is 17.3 Å². The first-order chi connectivity index (χ1) is 8.26. The highest BCUT2D eigenvalue weighted by Gasteiger charge is 2.33. The number of aliphatic hydroxyl groups excluding tert-OH is 1. The fourth-order valence-corrected chi connectivity index (χ4v) is 1.63. The van der Waals surface area contributed by atoms with E-state index in [4.69, 9.17) is 16.7 Å². The van der Waals surface area contributed by atoms with Gasteiger partial charge in [0.1, 0.15) is 11.1 Å². The van der Waals surface area contributed by atoms with Crippen molar-refractivity contribution in [1.82, 2.24) is 0 Å². The summed E-state index contributed by atoms with van der Waals surface area (Å²) in [6.45, 7) is 0.494. The highest BCUT2D eigenvalue weighted by Crippen LogP contribution is 2.33. The largest absolute Gasteiger partial charge is 0.573 e. The summed E-state index contributed by atoms with van der Waals surface area (Å²) < 4.78 is 40.2. The van der Waals surface area contributed by atoms with Gasteiger partial charge < -0.3 is 9.84 Å². The summed E-state index contributed by atoms with van der Waals surface area (Å²) in [7, 11) is 0. The molecule has 1 N–H and O–H groups in total. The number of alkyl halides is 4. The maximum absolute atomic E-state index is 12.1. The minimum Gasteiger partial charge on any atom is -0.405 e. The first-order valence-electron chi connectivity index (χ1n) is 4.89. The summed E-state index contributed by atoms with van der Waals surface area (Å²) in [5, 5.41) is 7.99. The van der Waals surface area contributed by atoms with Crippen molar-refractivity contribution < 1.29 is 27.8 Å². The highest BCUT2D eigenvalue weighted by molar-refractivity contribution is 6.30. The van der Waals surface area contributed by atoms with Gasteiger partial charge in [0.2, 0.25) is 0 Å². The Hall–Kier alpha value is -1.27. The van der Waals surface area contributed by atoms with Gasteiger partial charge in [-0.3, -0.25) is 4.79 Å². The zero-order chi connectivity index (χ0) is 13.9. The van der Waals surface area contributed by atoms with Crippen LogP contribution in [0.1, 0.15) is 23.4 Å². The number of ketones is 1. The summed E-state index contributed by atoms with van der Waals surface area (Å²) >= 11 is 5.77. The van der Waals surface area contributed by atoms with E-state index in [1.807, 2.05) is 0 Å². The van der Waals surface area contributed by atoms with Crippen LogP contribution in [0.3, 0.4) is 0 Å². The van der Waals surface area contributed by atoms with Crippen LogP contribution in [0.25, 0.3) is 0 Å². The summed E-state index contributed by atoms with van der Waals surface area (Å²) in [5.74, 6) is -0.995. The molecule has 100 valence electrons. The molecule has 7 heteroatoms. The Kier molecular flexibility index (Phi) is 4.59. The first-order valence-corrected chi connectivity index (χ1v) is 5.33. The number of rotatable bonds is 4. The fraction of sp³-hybridized carbons (Fsp3) is 0.364. The van der Waals surface area contributed by atoms with Gasteiger partial charge in [-0.25, -0.2) is 0 Å². The summed E-state index contributed by atoms with van der Waals surface area (Å²) in [5.41, 5.74) is -0.0431. The zero-order valence-corrected chi connectivity index (χ0v) is 10.0. The zero-order valence-electron chi connectivity index (χ0n) is 9.29. The number of carbonyl (C=O) groups excluding carboxylic acids is 1. The monoisotopic (exact) mass is 282 g/mol. The second kappa shape index (κ2) is 5.58. The highest BCUT2D eigenvalue weighted by atomic mass is 35.5. The van der Waals surface area contributed by atoms with Crippen LogP contribution < -0.4 is 4.74 Å². The van der Waals surface area contributed by atoms with Crippen molar-refractivity contribution in [2.45, 2.75) is 25.3 Å². The smallest absolute Gasteiger partial charge is 0.405 e. The molecule has 18 heavy (non-hydrogen) atoms. The number of hydrogen-bond acceptors (Lipinski definition) is 3. The summed E-state index contributed by atoms with van der Waals surface area (Å²) in [6, 6.07) is 3.69. The minimum absolute atomic E-state index is 0.105. The molecule has 0 saturated carbocycles. The Morgan fingerprint density at radius 2 is 2.11 bits per heavy atom. The van der Waals surface area contributed by atoms with E-state index in [0.29, 0.717) is 0 Å². The third-order valence-corrected chi connectivity index (χ3v) is 2.73. The summed E-state index contributed by atoms with van der Waals surface area (Å²) in [4.78, 5) is 11.1.